The molecule has 2 aromatic rings. The van der Waals surface area contributed by atoms with E-state index in [0.717, 1.165) is 17.8 Å². The molecule has 0 atom stereocenters. The number of carbonyl (C=O) groups is 1. The van der Waals surface area contributed by atoms with Crippen LogP contribution in [0, 0.1) is 23.1 Å². The van der Waals surface area contributed by atoms with Crippen LogP contribution in [-0.4, -0.2) is 35.3 Å². The standard InChI is InChI=1S/C22H21F4N3O4S/c1-12-9-14(6-8-17(12)33-21(2,3)20(30)29-31)32-11-18(34-4)28-19(27)13-5-7-15(16(23)10-13)22(24,25)26/h5-10,27H,11H2,1-4H3. The highest BCUT2D eigenvalue weighted by Crippen LogP contribution is 2.32. The van der Waals surface area contributed by atoms with Crippen LogP contribution in [0.5, 0.6) is 11.5 Å². The third-order valence-electron chi connectivity index (χ3n) is 4.49. The minimum absolute atomic E-state index is 0.0641. The van der Waals surface area contributed by atoms with Crippen LogP contribution in [0.1, 0.15) is 30.5 Å². The number of carbonyl (C=O) groups excluding carboxylic acids is 1. The monoisotopic (exact) mass is 499 g/mol. The molecular formula is C22H21F4N3O4S. The van der Waals surface area contributed by atoms with Gasteiger partial charge in [0.25, 0.3) is 0 Å². The molecule has 0 aromatic heterocycles. The van der Waals surface area contributed by atoms with Crippen LogP contribution in [0.15, 0.2) is 46.6 Å². The van der Waals surface area contributed by atoms with Gasteiger partial charge in [-0.15, -0.1) is 16.7 Å². The van der Waals surface area contributed by atoms with Crippen LogP contribution >= 0.6 is 11.8 Å². The molecule has 0 aliphatic heterocycles. The largest absolute Gasteiger partial charge is 0.487 e. The lowest BCUT2D eigenvalue weighted by molar-refractivity contribution is -0.140. The van der Waals surface area contributed by atoms with Crippen LogP contribution in [-0.2, 0) is 11.0 Å². The molecule has 0 aliphatic rings. The fourth-order valence-electron chi connectivity index (χ4n) is 2.62. The molecule has 0 saturated heterocycles. The molecule has 34 heavy (non-hydrogen) atoms. The van der Waals surface area contributed by atoms with Gasteiger partial charge in [-0.25, -0.2) is 9.38 Å². The second kappa shape index (κ2) is 10.8. The number of rotatable bonds is 7. The molecule has 0 radical (unpaired) electrons. The number of hydrogen-bond acceptors (Lipinski definition) is 6. The number of nitrogens with one attached hydrogen (secondary N) is 1. The third-order valence-corrected chi connectivity index (χ3v) is 5.17. The summed E-state index contributed by atoms with van der Waals surface area (Å²) in [5.41, 5.74) is -2.36. The third kappa shape index (κ3) is 6.86. The molecule has 0 heterocycles. The van der Waals surface area contributed by atoms with Gasteiger partial charge in [0.15, 0.2) is 11.4 Å². The second-order valence-electron chi connectivity index (χ2n) is 7.48. The summed E-state index contributed by atoms with van der Waals surface area (Å²) in [6, 6.07) is 6.89. The van der Waals surface area contributed by atoms with Crippen molar-refractivity contribution in [3.8, 4) is 11.5 Å². The van der Waals surface area contributed by atoms with Crippen molar-refractivity contribution < 1.29 is 31.8 Å². The summed E-state index contributed by atoms with van der Waals surface area (Å²) in [4.78, 5) is 26.1. The Morgan fingerprint density at radius 3 is 2.35 bits per heavy atom. The summed E-state index contributed by atoms with van der Waals surface area (Å²) >= 11 is 1.15. The number of amides is 1. The lowest BCUT2D eigenvalue weighted by Crippen LogP contribution is -2.37. The van der Waals surface area contributed by atoms with Crippen molar-refractivity contribution in [1.82, 2.24) is 0 Å². The minimum Gasteiger partial charge on any atom is -0.487 e. The summed E-state index contributed by atoms with van der Waals surface area (Å²) in [7, 11) is 0. The fourth-order valence-corrected chi connectivity index (χ4v) is 2.98. The van der Waals surface area contributed by atoms with Crippen LogP contribution in [0.4, 0.5) is 17.6 Å². The van der Waals surface area contributed by atoms with E-state index in [4.69, 9.17) is 14.9 Å². The van der Waals surface area contributed by atoms with E-state index < -0.39 is 34.9 Å². The van der Waals surface area contributed by atoms with Gasteiger partial charge in [-0.3, -0.25) is 10.2 Å². The van der Waals surface area contributed by atoms with Crippen molar-refractivity contribution in [2.24, 2.45) is 10.2 Å². The summed E-state index contributed by atoms with van der Waals surface area (Å²) in [5.74, 6) is -2.10. The van der Waals surface area contributed by atoms with Crippen molar-refractivity contribution in [3.05, 3.63) is 63.8 Å². The van der Waals surface area contributed by atoms with Gasteiger partial charge in [-0.05, 0) is 62.9 Å². The Morgan fingerprint density at radius 2 is 1.82 bits per heavy atom. The van der Waals surface area contributed by atoms with E-state index in [0.29, 0.717) is 34.2 Å². The Morgan fingerprint density at radius 1 is 1.15 bits per heavy atom. The summed E-state index contributed by atoms with van der Waals surface area (Å²) in [6.07, 6.45) is -3.16. The first-order chi connectivity index (χ1) is 15.8. The highest BCUT2D eigenvalue weighted by Gasteiger charge is 2.34. The average Bonchev–Trinajstić information content (AvgIpc) is 2.76. The SMILES string of the molecule is CSC(COc1ccc(OC(C)(C)C(=O)N=O)c(C)c1)=NC(=N)c1ccc(C(F)(F)F)c(F)c1. The van der Waals surface area contributed by atoms with E-state index in [1.807, 2.05) is 0 Å². The molecule has 0 aliphatic carbocycles. The molecule has 0 bridgehead atoms. The van der Waals surface area contributed by atoms with Gasteiger partial charge in [0.2, 0.25) is 0 Å². The van der Waals surface area contributed by atoms with E-state index in [1.165, 1.54) is 13.8 Å². The van der Waals surface area contributed by atoms with Crippen molar-refractivity contribution in [3.63, 3.8) is 0 Å². The number of alkyl halides is 3. The maximum Gasteiger partial charge on any atom is 0.419 e. The highest BCUT2D eigenvalue weighted by atomic mass is 32.2. The number of hydrogen-bond donors (Lipinski definition) is 1. The number of aliphatic imine (C=N–C) groups is 1. The summed E-state index contributed by atoms with van der Waals surface area (Å²) in [5, 5.41) is 10.7. The number of amidine groups is 1. The van der Waals surface area contributed by atoms with Crippen molar-refractivity contribution in [2.75, 3.05) is 12.9 Å². The molecule has 182 valence electrons. The normalized spacial score (nSPS) is 12.3. The number of nitroso groups, excluding NO2 is 1. The number of thioether (sulfide) groups is 1. The lowest BCUT2D eigenvalue weighted by Gasteiger charge is -2.23. The van der Waals surface area contributed by atoms with E-state index >= 15 is 0 Å². The number of nitrogens with zero attached hydrogens (tertiary/aromatic N) is 2. The van der Waals surface area contributed by atoms with Crippen molar-refractivity contribution >= 4 is 28.5 Å². The number of ether oxygens (including phenoxy) is 2. The zero-order valence-electron chi connectivity index (χ0n) is 18.6. The first kappa shape index (κ1) is 27.0. The van der Waals surface area contributed by atoms with Crippen LogP contribution in [0.25, 0.3) is 0 Å². The van der Waals surface area contributed by atoms with Gasteiger partial charge in [0, 0.05) is 10.7 Å². The zero-order chi connectivity index (χ0) is 25.7. The van der Waals surface area contributed by atoms with Crippen LogP contribution in [0.2, 0.25) is 0 Å². The Bertz CT molecular complexity index is 1130. The van der Waals surface area contributed by atoms with E-state index in [9.17, 15) is 27.3 Å². The number of benzene rings is 2. The van der Waals surface area contributed by atoms with Gasteiger partial charge >= 0.3 is 12.1 Å². The Hall–Kier alpha value is -3.28. The molecule has 7 nitrogen and oxygen atoms in total. The van der Waals surface area contributed by atoms with E-state index in [-0.39, 0.29) is 12.2 Å². The molecule has 1 N–H and O–H groups in total. The molecular weight excluding hydrogens is 478 g/mol. The van der Waals surface area contributed by atoms with Crippen molar-refractivity contribution in [2.45, 2.75) is 32.5 Å². The maximum absolute atomic E-state index is 13.8. The molecule has 0 saturated carbocycles. The lowest BCUT2D eigenvalue weighted by atomic mass is 10.1. The van der Waals surface area contributed by atoms with Crippen LogP contribution in [0.3, 0.4) is 0 Å². The molecule has 0 unspecified atom stereocenters. The maximum atomic E-state index is 13.8. The van der Waals surface area contributed by atoms with Crippen LogP contribution < -0.4 is 9.47 Å². The first-order valence-electron chi connectivity index (χ1n) is 9.66. The topological polar surface area (TPSA) is 101 Å². The second-order valence-corrected chi connectivity index (χ2v) is 8.35. The summed E-state index contributed by atoms with van der Waals surface area (Å²) < 4.78 is 63.2. The minimum atomic E-state index is -4.83. The Kier molecular flexibility index (Phi) is 8.54. The van der Waals surface area contributed by atoms with E-state index in [2.05, 4.69) is 10.2 Å². The molecule has 12 heteroatoms. The zero-order valence-corrected chi connectivity index (χ0v) is 19.4. The van der Waals surface area contributed by atoms with Crippen molar-refractivity contribution in [1.29, 1.82) is 5.41 Å². The molecule has 0 fully saturated rings. The molecule has 1 amide bonds. The van der Waals surface area contributed by atoms with Gasteiger partial charge in [0.1, 0.15) is 29.0 Å². The molecule has 0 spiro atoms. The molecule has 2 aromatic carbocycles. The number of aryl methyl sites for hydroxylation is 1. The van der Waals surface area contributed by atoms with Gasteiger partial charge in [-0.2, -0.15) is 13.2 Å². The average molecular weight is 499 g/mol. The molecule has 2 rings (SSSR count). The first-order valence-corrected chi connectivity index (χ1v) is 10.9. The Balaban J connectivity index is 2.11. The summed E-state index contributed by atoms with van der Waals surface area (Å²) in [6.45, 7) is 4.47. The quantitative estimate of drug-likeness (QED) is 0.226. The predicted molar refractivity (Wildman–Crippen MR) is 121 cm³/mol. The van der Waals surface area contributed by atoms with Gasteiger partial charge in [0.05, 0.1) is 5.56 Å². The fraction of sp³-hybridized carbons (Fsp3) is 0.318. The smallest absolute Gasteiger partial charge is 0.419 e. The van der Waals surface area contributed by atoms with Gasteiger partial charge < -0.3 is 9.47 Å². The number of halogens is 4. The predicted octanol–water partition coefficient (Wildman–Crippen LogP) is 5.77. The van der Waals surface area contributed by atoms with E-state index in [1.54, 1.807) is 31.4 Å². The highest BCUT2D eigenvalue weighted by molar-refractivity contribution is 8.13. The van der Waals surface area contributed by atoms with Gasteiger partial charge in [-0.1, -0.05) is 6.07 Å². The Labute approximate surface area is 197 Å².